The van der Waals surface area contributed by atoms with Crippen molar-refractivity contribution >= 4 is 17.4 Å². The summed E-state index contributed by atoms with van der Waals surface area (Å²) in [7, 11) is 1.76. The summed E-state index contributed by atoms with van der Waals surface area (Å²) in [5.74, 6) is 0.800. The maximum atomic E-state index is 6.05. The highest BCUT2D eigenvalue weighted by Gasteiger charge is 2.31. The smallest absolute Gasteiger partial charge is 0.171 e. The van der Waals surface area contributed by atoms with Crippen LogP contribution in [0.4, 0.5) is 5.82 Å². The summed E-state index contributed by atoms with van der Waals surface area (Å²) >= 11 is 6.05. The van der Waals surface area contributed by atoms with E-state index in [1.54, 1.807) is 19.5 Å². The standard InChI is InChI=1S/C12H18ClN3O/c1-12(9-17-2)3-7-16(8-4-12)11-10(13)14-5-6-15-11/h5-6H,3-4,7-9H2,1-2H3. The van der Waals surface area contributed by atoms with E-state index in [0.29, 0.717) is 5.15 Å². The summed E-state index contributed by atoms with van der Waals surface area (Å²) in [6.45, 7) is 5.00. The maximum absolute atomic E-state index is 6.05. The van der Waals surface area contributed by atoms with E-state index < -0.39 is 0 Å². The zero-order valence-corrected chi connectivity index (χ0v) is 11.1. The fraction of sp³-hybridized carbons (Fsp3) is 0.667. The molecule has 0 bridgehead atoms. The van der Waals surface area contributed by atoms with Crippen molar-refractivity contribution in [2.45, 2.75) is 19.8 Å². The summed E-state index contributed by atoms with van der Waals surface area (Å²) in [5.41, 5.74) is 0.278. The number of aromatic nitrogens is 2. The Morgan fingerprint density at radius 2 is 2.00 bits per heavy atom. The van der Waals surface area contributed by atoms with E-state index >= 15 is 0 Å². The van der Waals surface area contributed by atoms with Gasteiger partial charge in [-0.1, -0.05) is 18.5 Å². The zero-order valence-electron chi connectivity index (χ0n) is 10.3. The van der Waals surface area contributed by atoms with Gasteiger partial charge in [0.25, 0.3) is 0 Å². The van der Waals surface area contributed by atoms with Gasteiger partial charge < -0.3 is 9.64 Å². The van der Waals surface area contributed by atoms with E-state index in [-0.39, 0.29) is 5.41 Å². The first-order chi connectivity index (χ1) is 8.14. The average Bonchev–Trinajstić information content (AvgIpc) is 2.31. The quantitative estimate of drug-likeness (QED) is 0.831. The molecular weight excluding hydrogens is 238 g/mol. The van der Waals surface area contributed by atoms with Crippen LogP contribution in [-0.4, -0.2) is 36.8 Å². The van der Waals surface area contributed by atoms with Crippen LogP contribution in [0.1, 0.15) is 19.8 Å². The molecule has 1 aromatic rings. The van der Waals surface area contributed by atoms with Crippen molar-refractivity contribution in [1.82, 2.24) is 9.97 Å². The van der Waals surface area contributed by atoms with Crippen LogP contribution < -0.4 is 4.90 Å². The minimum Gasteiger partial charge on any atom is -0.384 e. The lowest BCUT2D eigenvalue weighted by atomic mass is 9.81. The highest BCUT2D eigenvalue weighted by Crippen LogP contribution is 2.33. The van der Waals surface area contributed by atoms with E-state index in [1.165, 1.54) is 0 Å². The predicted molar refractivity (Wildman–Crippen MR) is 68.5 cm³/mol. The molecule has 5 heteroatoms. The first-order valence-electron chi connectivity index (χ1n) is 5.85. The second-order valence-electron chi connectivity index (χ2n) is 4.90. The van der Waals surface area contributed by atoms with Crippen LogP contribution in [0.3, 0.4) is 0 Å². The molecule has 0 atom stereocenters. The van der Waals surface area contributed by atoms with Gasteiger partial charge in [0.1, 0.15) is 0 Å². The molecule has 1 saturated heterocycles. The number of ether oxygens (including phenoxy) is 1. The van der Waals surface area contributed by atoms with Crippen molar-refractivity contribution in [1.29, 1.82) is 0 Å². The first kappa shape index (κ1) is 12.6. The monoisotopic (exact) mass is 255 g/mol. The van der Waals surface area contributed by atoms with E-state index in [2.05, 4.69) is 21.8 Å². The molecule has 1 aromatic heterocycles. The van der Waals surface area contributed by atoms with Gasteiger partial charge in [0.05, 0.1) is 6.61 Å². The van der Waals surface area contributed by atoms with Crippen molar-refractivity contribution in [2.24, 2.45) is 5.41 Å². The molecular formula is C12H18ClN3O. The number of halogens is 1. The summed E-state index contributed by atoms with van der Waals surface area (Å²) in [5, 5.41) is 0.489. The summed E-state index contributed by atoms with van der Waals surface area (Å²) in [6.07, 6.45) is 5.48. The van der Waals surface area contributed by atoms with Crippen molar-refractivity contribution in [3.63, 3.8) is 0 Å². The predicted octanol–water partition coefficient (Wildman–Crippen LogP) is 2.38. The van der Waals surface area contributed by atoms with Crippen LogP contribution in [-0.2, 0) is 4.74 Å². The van der Waals surface area contributed by atoms with E-state index in [4.69, 9.17) is 16.3 Å². The van der Waals surface area contributed by atoms with Gasteiger partial charge in [-0.05, 0) is 18.3 Å². The molecule has 4 nitrogen and oxygen atoms in total. The van der Waals surface area contributed by atoms with E-state index in [0.717, 1.165) is 38.4 Å². The largest absolute Gasteiger partial charge is 0.384 e. The third-order valence-electron chi connectivity index (χ3n) is 3.40. The van der Waals surface area contributed by atoms with E-state index in [9.17, 15) is 0 Å². The second-order valence-corrected chi connectivity index (χ2v) is 5.26. The van der Waals surface area contributed by atoms with Gasteiger partial charge in [-0.15, -0.1) is 0 Å². The van der Waals surface area contributed by atoms with Crippen LogP contribution in [0.15, 0.2) is 12.4 Å². The van der Waals surface area contributed by atoms with Crippen molar-refractivity contribution in [3.05, 3.63) is 17.5 Å². The average molecular weight is 256 g/mol. The molecule has 1 aliphatic heterocycles. The molecule has 17 heavy (non-hydrogen) atoms. The van der Waals surface area contributed by atoms with Gasteiger partial charge in [-0.3, -0.25) is 0 Å². The maximum Gasteiger partial charge on any atom is 0.171 e. The van der Waals surface area contributed by atoms with Gasteiger partial charge in [0.15, 0.2) is 11.0 Å². The Bertz CT molecular complexity index is 378. The fourth-order valence-corrected chi connectivity index (χ4v) is 2.50. The number of nitrogens with zero attached hydrogens (tertiary/aromatic N) is 3. The Hall–Kier alpha value is -0.870. The molecule has 0 unspecified atom stereocenters. The Balaban J connectivity index is 2.02. The SMILES string of the molecule is COCC1(C)CCN(c2nccnc2Cl)CC1. The number of anilines is 1. The van der Waals surface area contributed by atoms with Crippen LogP contribution in [0.2, 0.25) is 5.15 Å². The Morgan fingerprint density at radius 3 is 2.59 bits per heavy atom. The van der Waals surface area contributed by atoms with E-state index in [1.807, 2.05) is 0 Å². The lowest BCUT2D eigenvalue weighted by Gasteiger charge is -2.39. The summed E-state index contributed by atoms with van der Waals surface area (Å²) in [4.78, 5) is 10.6. The van der Waals surface area contributed by atoms with Crippen LogP contribution in [0, 0.1) is 5.41 Å². The lowest BCUT2D eigenvalue weighted by Crippen LogP contribution is -2.41. The first-order valence-corrected chi connectivity index (χ1v) is 6.23. The molecule has 0 N–H and O–H groups in total. The lowest BCUT2D eigenvalue weighted by molar-refractivity contribution is 0.0730. The fourth-order valence-electron chi connectivity index (χ4n) is 2.28. The molecule has 0 aliphatic carbocycles. The molecule has 1 aliphatic rings. The number of methoxy groups -OCH3 is 1. The third kappa shape index (κ3) is 2.87. The molecule has 2 rings (SSSR count). The number of rotatable bonds is 3. The summed E-state index contributed by atoms with van der Waals surface area (Å²) in [6, 6.07) is 0. The number of piperidine rings is 1. The van der Waals surface area contributed by atoms with Gasteiger partial charge in [-0.25, -0.2) is 9.97 Å². The Kier molecular flexibility index (Phi) is 3.84. The minimum absolute atomic E-state index is 0.278. The molecule has 1 fully saturated rings. The molecule has 0 aromatic carbocycles. The van der Waals surface area contributed by atoms with Gasteiger partial charge in [0, 0.05) is 32.6 Å². The normalized spacial score (nSPS) is 19.4. The van der Waals surface area contributed by atoms with Gasteiger partial charge in [-0.2, -0.15) is 0 Å². The highest BCUT2D eigenvalue weighted by atomic mass is 35.5. The molecule has 2 heterocycles. The van der Waals surface area contributed by atoms with Crippen LogP contribution in [0.5, 0.6) is 0 Å². The number of hydrogen-bond acceptors (Lipinski definition) is 4. The van der Waals surface area contributed by atoms with Gasteiger partial charge >= 0.3 is 0 Å². The highest BCUT2D eigenvalue weighted by molar-refractivity contribution is 6.31. The second kappa shape index (κ2) is 5.19. The topological polar surface area (TPSA) is 38.2 Å². The van der Waals surface area contributed by atoms with Crippen LogP contribution in [0.25, 0.3) is 0 Å². The molecule has 94 valence electrons. The zero-order chi connectivity index (χ0) is 12.3. The van der Waals surface area contributed by atoms with Crippen molar-refractivity contribution in [2.75, 3.05) is 31.7 Å². The molecule has 0 amide bonds. The third-order valence-corrected chi connectivity index (χ3v) is 3.67. The van der Waals surface area contributed by atoms with Crippen molar-refractivity contribution in [3.8, 4) is 0 Å². The molecule has 0 spiro atoms. The van der Waals surface area contributed by atoms with Gasteiger partial charge in [0.2, 0.25) is 0 Å². The Morgan fingerprint density at radius 1 is 1.35 bits per heavy atom. The van der Waals surface area contributed by atoms with Crippen LogP contribution >= 0.6 is 11.6 Å². The molecule has 0 radical (unpaired) electrons. The van der Waals surface area contributed by atoms with Crippen molar-refractivity contribution < 1.29 is 4.74 Å². The molecule has 0 saturated carbocycles. The Labute approximate surface area is 107 Å². The number of hydrogen-bond donors (Lipinski definition) is 0. The summed E-state index contributed by atoms with van der Waals surface area (Å²) < 4.78 is 5.28. The minimum atomic E-state index is 0.278.